The summed E-state index contributed by atoms with van der Waals surface area (Å²) >= 11 is 0. The molecule has 0 atom stereocenters. The van der Waals surface area contributed by atoms with E-state index in [0.29, 0.717) is 6.61 Å². The van der Waals surface area contributed by atoms with Crippen LogP contribution in [0.3, 0.4) is 0 Å². The molecule has 0 aliphatic heterocycles. The lowest BCUT2D eigenvalue weighted by atomic mass is 10.3. The van der Waals surface area contributed by atoms with Gasteiger partial charge in [-0.1, -0.05) is 12.1 Å². The molecule has 4 heteroatoms. The molecule has 0 aromatic heterocycles. The largest absolute Gasteiger partial charge is 0.501 e. The fraction of sp³-hybridized carbons (Fsp3) is 0.182. The zero-order valence-electron chi connectivity index (χ0n) is 8.37. The molecule has 0 aliphatic rings. The van der Waals surface area contributed by atoms with Crippen molar-refractivity contribution in [1.29, 1.82) is 0 Å². The second kappa shape index (κ2) is 5.80. The van der Waals surface area contributed by atoms with Crippen molar-refractivity contribution in [2.24, 2.45) is 0 Å². The van der Waals surface area contributed by atoms with Gasteiger partial charge in [-0.05, 0) is 19.1 Å². The van der Waals surface area contributed by atoms with Gasteiger partial charge in [-0.3, -0.25) is 4.79 Å². The van der Waals surface area contributed by atoms with Gasteiger partial charge >= 0.3 is 0 Å². The molecule has 0 heterocycles. The Balaban J connectivity index is 2.55. The quantitative estimate of drug-likeness (QED) is 0.610. The molecule has 1 N–H and O–H groups in total. The number of anilines is 1. The highest BCUT2D eigenvalue weighted by Gasteiger charge is 2.02. The first-order valence-corrected chi connectivity index (χ1v) is 4.57. The second-order valence-electron chi connectivity index (χ2n) is 2.73. The van der Waals surface area contributed by atoms with E-state index < -0.39 is 11.7 Å². The first kappa shape index (κ1) is 11.2. The maximum absolute atomic E-state index is 13.1. The van der Waals surface area contributed by atoms with Gasteiger partial charge < -0.3 is 10.1 Å². The molecule has 1 aromatic rings. The van der Waals surface area contributed by atoms with E-state index in [9.17, 15) is 9.18 Å². The fourth-order valence-corrected chi connectivity index (χ4v) is 0.943. The average molecular weight is 209 g/mol. The van der Waals surface area contributed by atoms with E-state index in [1.807, 2.05) is 0 Å². The Hall–Kier alpha value is -1.84. The summed E-state index contributed by atoms with van der Waals surface area (Å²) in [6.45, 7) is 2.29. The summed E-state index contributed by atoms with van der Waals surface area (Å²) < 4.78 is 17.9. The minimum absolute atomic E-state index is 0.156. The Morgan fingerprint density at radius 3 is 2.93 bits per heavy atom. The number of carbonyl (C=O) groups excluding carboxylic acids is 1. The minimum Gasteiger partial charge on any atom is -0.501 e. The van der Waals surface area contributed by atoms with Crippen molar-refractivity contribution in [3.05, 3.63) is 42.4 Å². The van der Waals surface area contributed by atoms with Crippen LogP contribution in [0.2, 0.25) is 0 Å². The molecule has 0 spiro atoms. The number of nitrogens with one attached hydrogen (secondary N) is 1. The molecule has 1 rings (SSSR count). The van der Waals surface area contributed by atoms with Crippen LogP contribution >= 0.6 is 0 Å². The van der Waals surface area contributed by atoms with Crippen molar-refractivity contribution >= 4 is 11.6 Å². The number of para-hydroxylation sites is 1. The number of halogens is 1. The molecule has 0 saturated carbocycles. The lowest BCUT2D eigenvalue weighted by Gasteiger charge is -2.02. The molecule has 0 unspecified atom stereocenters. The van der Waals surface area contributed by atoms with Crippen molar-refractivity contribution in [2.75, 3.05) is 11.9 Å². The summed E-state index contributed by atoms with van der Waals surface area (Å²) in [5, 5.41) is 2.39. The molecule has 0 bridgehead atoms. The summed E-state index contributed by atoms with van der Waals surface area (Å²) in [7, 11) is 0. The van der Waals surface area contributed by atoms with E-state index in [4.69, 9.17) is 4.74 Å². The summed E-state index contributed by atoms with van der Waals surface area (Å²) in [5.74, 6) is -0.885. The van der Waals surface area contributed by atoms with E-state index in [1.165, 1.54) is 24.5 Å². The summed E-state index contributed by atoms with van der Waals surface area (Å²) in [4.78, 5) is 11.2. The monoisotopic (exact) mass is 209 g/mol. The minimum atomic E-state index is -0.462. The predicted octanol–water partition coefficient (Wildman–Crippen LogP) is 2.31. The van der Waals surface area contributed by atoms with Crippen LogP contribution in [-0.4, -0.2) is 12.5 Å². The van der Waals surface area contributed by atoms with Crippen LogP contribution < -0.4 is 5.32 Å². The van der Waals surface area contributed by atoms with E-state index in [0.717, 1.165) is 0 Å². The van der Waals surface area contributed by atoms with Crippen molar-refractivity contribution in [3.63, 3.8) is 0 Å². The van der Waals surface area contributed by atoms with Gasteiger partial charge in [0.1, 0.15) is 5.82 Å². The van der Waals surface area contributed by atoms with Crippen molar-refractivity contribution in [3.8, 4) is 0 Å². The van der Waals surface area contributed by atoms with E-state index in [-0.39, 0.29) is 5.69 Å². The molecule has 3 nitrogen and oxygen atoms in total. The normalized spacial score (nSPS) is 10.3. The first-order chi connectivity index (χ1) is 7.24. The Bertz CT molecular complexity index is 363. The lowest BCUT2D eigenvalue weighted by Crippen LogP contribution is -2.09. The van der Waals surface area contributed by atoms with Crippen LogP contribution in [0.5, 0.6) is 0 Å². The van der Waals surface area contributed by atoms with E-state index in [1.54, 1.807) is 19.1 Å². The third-order valence-corrected chi connectivity index (χ3v) is 1.61. The number of ether oxygens (including phenoxy) is 1. The van der Waals surface area contributed by atoms with Crippen LogP contribution in [0.15, 0.2) is 36.6 Å². The molecule has 0 saturated heterocycles. The van der Waals surface area contributed by atoms with Gasteiger partial charge in [-0.15, -0.1) is 0 Å². The zero-order valence-corrected chi connectivity index (χ0v) is 8.37. The zero-order chi connectivity index (χ0) is 11.1. The average Bonchev–Trinajstić information content (AvgIpc) is 2.22. The summed E-state index contributed by atoms with van der Waals surface area (Å²) in [5.41, 5.74) is 0.156. The second-order valence-corrected chi connectivity index (χ2v) is 2.73. The Kier molecular flexibility index (Phi) is 4.34. The Morgan fingerprint density at radius 1 is 1.53 bits per heavy atom. The maximum Gasteiger partial charge on any atom is 0.251 e. The smallest absolute Gasteiger partial charge is 0.251 e. The van der Waals surface area contributed by atoms with Gasteiger partial charge in [0, 0.05) is 6.08 Å². The van der Waals surface area contributed by atoms with Gasteiger partial charge in [0.05, 0.1) is 18.6 Å². The van der Waals surface area contributed by atoms with Crippen molar-refractivity contribution in [1.82, 2.24) is 0 Å². The predicted molar refractivity (Wildman–Crippen MR) is 55.8 cm³/mol. The Morgan fingerprint density at radius 2 is 2.27 bits per heavy atom. The number of carbonyl (C=O) groups is 1. The molecule has 0 aliphatic carbocycles. The number of hydrogen-bond donors (Lipinski definition) is 1. The highest BCUT2D eigenvalue weighted by atomic mass is 19.1. The molecule has 1 amide bonds. The fourth-order valence-electron chi connectivity index (χ4n) is 0.943. The van der Waals surface area contributed by atoms with Crippen LogP contribution in [-0.2, 0) is 9.53 Å². The van der Waals surface area contributed by atoms with E-state index in [2.05, 4.69) is 5.32 Å². The SMILES string of the molecule is CCOC=CC(=O)Nc1ccccc1F. The standard InChI is InChI=1S/C11H12FNO2/c1-2-15-8-7-11(14)13-10-6-4-3-5-9(10)12/h3-8H,2H2,1H3,(H,13,14). The van der Waals surface area contributed by atoms with Crippen LogP contribution in [0, 0.1) is 5.82 Å². The Labute approximate surface area is 87.6 Å². The summed E-state index contributed by atoms with van der Waals surface area (Å²) in [6.07, 6.45) is 2.48. The number of rotatable bonds is 4. The van der Waals surface area contributed by atoms with Crippen LogP contribution in [0.1, 0.15) is 6.92 Å². The third kappa shape index (κ3) is 3.81. The third-order valence-electron chi connectivity index (χ3n) is 1.61. The van der Waals surface area contributed by atoms with Gasteiger partial charge in [-0.2, -0.15) is 0 Å². The molecule has 80 valence electrons. The first-order valence-electron chi connectivity index (χ1n) is 4.57. The van der Waals surface area contributed by atoms with Crippen LogP contribution in [0.25, 0.3) is 0 Å². The molecule has 15 heavy (non-hydrogen) atoms. The van der Waals surface area contributed by atoms with Crippen molar-refractivity contribution < 1.29 is 13.9 Å². The van der Waals surface area contributed by atoms with Crippen molar-refractivity contribution in [2.45, 2.75) is 6.92 Å². The van der Waals surface area contributed by atoms with Gasteiger partial charge in [0.15, 0.2) is 0 Å². The van der Waals surface area contributed by atoms with Gasteiger partial charge in [0.25, 0.3) is 5.91 Å². The van der Waals surface area contributed by atoms with Gasteiger partial charge in [-0.25, -0.2) is 4.39 Å². The highest BCUT2D eigenvalue weighted by molar-refractivity contribution is 5.99. The molecular formula is C11H12FNO2. The lowest BCUT2D eigenvalue weighted by molar-refractivity contribution is -0.112. The molecule has 0 fully saturated rings. The molecule has 1 aromatic carbocycles. The molecule has 0 radical (unpaired) electrons. The number of amides is 1. The molecular weight excluding hydrogens is 197 g/mol. The highest BCUT2D eigenvalue weighted by Crippen LogP contribution is 2.11. The maximum atomic E-state index is 13.1. The van der Waals surface area contributed by atoms with E-state index >= 15 is 0 Å². The van der Waals surface area contributed by atoms with Crippen LogP contribution in [0.4, 0.5) is 10.1 Å². The number of benzene rings is 1. The summed E-state index contributed by atoms with van der Waals surface area (Å²) in [6, 6.07) is 5.97. The topological polar surface area (TPSA) is 38.3 Å². The number of hydrogen-bond acceptors (Lipinski definition) is 2. The van der Waals surface area contributed by atoms with Gasteiger partial charge in [0.2, 0.25) is 0 Å².